The fourth-order valence-corrected chi connectivity index (χ4v) is 2.85. The summed E-state index contributed by atoms with van der Waals surface area (Å²) in [6.45, 7) is 0.882. The van der Waals surface area contributed by atoms with Gasteiger partial charge in [-0.3, -0.25) is 9.69 Å². The summed E-state index contributed by atoms with van der Waals surface area (Å²) < 4.78 is 10.6. The van der Waals surface area contributed by atoms with Crippen molar-refractivity contribution in [3.05, 3.63) is 35.7 Å². The maximum atomic E-state index is 11.9. The van der Waals surface area contributed by atoms with Crippen LogP contribution < -0.4 is 10.1 Å². The number of amides is 3. The molecule has 126 valence electrons. The van der Waals surface area contributed by atoms with Gasteiger partial charge in [-0.1, -0.05) is 23.9 Å². The van der Waals surface area contributed by atoms with Crippen LogP contribution in [0.25, 0.3) is 0 Å². The summed E-state index contributed by atoms with van der Waals surface area (Å²) in [6, 6.07) is 7.21. The Morgan fingerprint density at radius 2 is 2.17 bits per heavy atom. The van der Waals surface area contributed by atoms with Crippen LogP contribution >= 0.6 is 11.8 Å². The van der Waals surface area contributed by atoms with Gasteiger partial charge in [-0.2, -0.15) is 0 Å². The second-order valence-corrected chi connectivity index (χ2v) is 5.98. The molecule has 0 aliphatic carbocycles. The van der Waals surface area contributed by atoms with Crippen LogP contribution in [-0.2, 0) is 11.2 Å². The molecule has 0 bridgehead atoms. The van der Waals surface area contributed by atoms with Gasteiger partial charge in [0.25, 0.3) is 5.22 Å². The Morgan fingerprint density at radius 1 is 1.38 bits per heavy atom. The van der Waals surface area contributed by atoms with Gasteiger partial charge in [-0.25, -0.2) is 4.79 Å². The quantitative estimate of drug-likeness (QED) is 0.786. The molecule has 3 amide bonds. The van der Waals surface area contributed by atoms with Crippen molar-refractivity contribution >= 4 is 23.7 Å². The van der Waals surface area contributed by atoms with E-state index >= 15 is 0 Å². The largest absolute Gasteiger partial charge is 0.497 e. The molecule has 0 atom stereocenters. The van der Waals surface area contributed by atoms with Crippen LogP contribution in [0, 0.1) is 0 Å². The number of imide groups is 1. The molecule has 8 nitrogen and oxygen atoms in total. The average molecular weight is 348 g/mol. The van der Waals surface area contributed by atoms with E-state index in [0.29, 0.717) is 30.6 Å². The molecule has 1 saturated heterocycles. The van der Waals surface area contributed by atoms with Crippen LogP contribution in [-0.4, -0.2) is 53.0 Å². The van der Waals surface area contributed by atoms with Gasteiger partial charge in [0.05, 0.1) is 19.3 Å². The van der Waals surface area contributed by atoms with E-state index in [1.165, 1.54) is 4.90 Å². The summed E-state index contributed by atoms with van der Waals surface area (Å²) >= 11 is 1.12. The van der Waals surface area contributed by atoms with Crippen molar-refractivity contribution in [2.24, 2.45) is 0 Å². The van der Waals surface area contributed by atoms with Crippen molar-refractivity contribution in [2.45, 2.75) is 11.6 Å². The number of benzene rings is 1. The molecule has 1 N–H and O–H groups in total. The minimum atomic E-state index is -0.355. The van der Waals surface area contributed by atoms with E-state index in [4.69, 9.17) is 9.15 Å². The lowest BCUT2D eigenvalue weighted by Gasteiger charge is -2.10. The molecule has 3 rings (SSSR count). The van der Waals surface area contributed by atoms with Crippen molar-refractivity contribution < 1.29 is 18.7 Å². The lowest BCUT2D eigenvalue weighted by molar-refractivity contribution is -0.124. The average Bonchev–Trinajstić information content (AvgIpc) is 3.22. The van der Waals surface area contributed by atoms with E-state index < -0.39 is 0 Å². The summed E-state index contributed by atoms with van der Waals surface area (Å²) in [5, 5.41) is 10.8. The second kappa shape index (κ2) is 7.35. The number of hydrogen-bond acceptors (Lipinski definition) is 7. The highest BCUT2D eigenvalue weighted by Gasteiger charge is 2.26. The van der Waals surface area contributed by atoms with E-state index in [1.807, 2.05) is 24.3 Å². The molecular formula is C15H16N4O4S. The number of thioether (sulfide) groups is 1. The zero-order valence-electron chi connectivity index (χ0n) is 13.0. The van der Waals surface area contributed by atoms with Crippen LogP contribution in [0.3, 0.4) is 0 Å². The van der Waals surface area contributed by atoms with Gasteiger partial charge in [0, 0.05) is 13.1 Å². The van der Waals surface area contributed by atoms with Crippen molar-refractivity contribution in [3.63, 3.8) is 0 Å². The predicted octanol–water partition coefficient (Wildman–Crippen LogP) is 1.31. The number of urea groups is 1. The molecule has 0 unspecified atom stereocenters. The molecule has 1 aliphatic rings. The summed E-state index contributed by atoms with van der Waals surface area (Å²) in [7, 11) is 1.61. The van der Waals surface area contributed by atoms with Crippen LogP contribution in [0.2, 0.25) is 0 Å². The van der Waals surface area contributed by atoms with Crippen molar-refractivity contribution in [3.8, 4) is 5.75 Å². The number of aromatic nitrogens is 2. The minimum absolute atomic E-state index is 0.0809. The Labute approximate surface area is 142 Å². The fourth-order valence-electron chi connectivity index (χ4n) is 2.20. The van der Waals surface area contributed by atoms with Crippen molar-refractivity contribution in [1.29, 1.82) is 0 Å². The number of nitrogens with zero attached hydrogens (tertiary/aromatic N) is 3. The highest BCUT2D eigenvalue weighted by molar-refractivity contribution is 7.99. The van der Waals surface area contributed by atoms with Gasteiger partial charge in [-0.05, 0) is 17.7 Å². The number of nitrogens with one attached hydrogen (secondary N) is 1. The van der Waals surface area contributed by atoms with E-state index in [-0.39, 0.29) is 17.7 Å². The summed E-state index contributed by atoms with van der Waals surface area (Å²) in [5.74, 6) is 1.06. The van der Waals surface area contributed by atoms with Gasteiger partial charge >= 0.3 is 6.03 Å². The topological polar surface area (TPSA) is 97.6 Å². The Kier molecular flexibility index (Phi) is 4.99. The standard InChI is InChI=1S/C15H16N4O4S/c1-22-11-4-2-10(3-5-11)8-12-17-18-15(23-12)24-9-13(20)19-7-6-16-14(19)21/h2-5H,6-9H2,1H3,(H,16,21). The first-order valence-corrected chi connectivity index (χ1v) is 8.30. The van der Waals surface area contributed by atoms with Crippen LogP contribution in [0.5, 0.6) is 5.75 Å². The third kappa shape index (κ3) is 3.85. The Morgan fingerprint density at radius 3 is 2.83 bits per heavy atom. The zero-order chi connectivity index (χ0) is 16.9. The first-order valence-electron chi connectivity index (χ1n) is 7.32. The van der Waals surface area contributed by atoms with Gasteiger partial charge in [0.15, 0.2) is 0 Å². The van der Waals surface area contributed by atoms with Gasteiger partial charge in [0.2, 0.25) is 11.8 Å². The number of methoxy groups -OCH3 is 1. The molecule has 2 aromatic rings. The number of hydrogen-bond donors (Lipinski definition) is 1. The number of ether oxygens (including phenoxy) is 1. The van der Waals surface area contributed by atoms with Gasteiger partial charge in [-0.15, -0.1) is 10.2 Å². The molecule has 1 fully saturated rings. The van der Waals surface area contributed by atoms with E-state index in [2.05, 4.69) is 15.5 Å². The first-order chi connectivity index (χ1) is 11.7. The number of rotatable bonds is 6. The SMILES string of the molecule is COc1ccc(Cc2nnc(SCC(=O)N3CCNC3=O)o2)cc1. The van der Waals surface area contributed by atoms with Crippen LogP contribution in [0.15, 0.2) is 33.9 Å². The molecule has 24 heavy (non-hydrogen) atoms. The smallest absolute Gasteiger partial charge is 0.324 e. The second-order valence-electron chi connectivity index (χ2n) is 5.05. The lowest BCUT2D eigenvalue weighted by Crippen LogP contribution is -2.35. The first kappa shape index (κ1) is 16.3. The third-order valence-corrected chi connectivity index (χ3v) is 4.24. The number of carbonyl (C=O) groups excluding carboxylic acids is 2. The molecule has 1 aromatic carbocycles. The van der Waals surface area contributed by atoms with Crippen molar-refractivity contribution in [2.75, 3.05) is 26.0 Å². The van der Waals surface area contributed by atoms with Crippen LogP contribution in [0.1, 0.15) is 11.5 Å². The molecule has 1 aliphatic heterocycles. The Balaban J connectivity index is 1.53. The predicted molar refractivity (Wildman–Crippen MR) is 85.9 cm³/mol. The number of carbonyl (C=O) groups is 2. The summed E-state index contributed by atoms with van der Waals surface area (Å²) in [5.41, 5.74) is 1.01. The minimum Gasteiger partial charge on any atom is -0.497 e. The molecular weight excluding hydrogens is 332 g/mol. The molecule has 0 spiro atoms. The molecule has 9 heteroatoms. The third-order valence-electron chi connectivity index (χ3n) is 3.44. The highest BCUT2D eigenvalue weighted by Crippen LogP contribution is 2.19. The van der Waals surface area contributed by atoms with Gasteiger partial charge < -0.3 is 14.5 Å². The summed E-state index contributed by atoms with van der Waals surface area (Å²) in [6.07, 6.45) is 0.500. The molecule has 0 radical (unpaired) electrons. The molecule has 1 aromatic heterocycles. The summed E-state index contributed by atoms with van der Waals surface area (Å²) in [4.78, 5) is 24.5. The Hall–Kier alpha value is -2.55. The van der Waals surface area contributed by atoms with Gasteiger partial charge in [0.1, 0.15) is 5.75 Å². The normalized spacial score (nSPS) is 13.9. The maximum Gasteiger partial charge on any atom is 0.324 e. The van der Waals surface area contributed by atoms with E-state index in [0.717, 1.165) is 23.1 Å². The van der Waals surface area contributed by atoms with Crippen molar-refractivity contribution in [1.82, 2.24) is 20.4 Å². The Bertz CT molecular complexity index is 731. The molecule has 0 saturated carbocycles. The lowest BCUT2D eigenvalue weighted by atomic mass is 10.1. The van der Waals surface area contributed by atoms with Crippen LogP contribution in [0.4, 0.5) is 4.79 Å². The fraction of sp³-hybridized carbons (Fsp3) is 0.333. The molecule has 2 heterocycles. The maximum absolute atomic E-state index is 11.9. The monoisotopic (exact) mass is 348 g/mol. The van der Waals surface area contributed by atoms with E-state index in [9.17, 15) is 9.59 Å². The van der Waals surface area contributed by atoms with E-state index in [1.54, 1.807) is 7.11 Å². The zero-order valence-corrected chi connectivity index (χ0v) is 13.8. The highest BCUT2D eigenvalue weighted by atomic mass is 32.2.